The molecule has 1 saturated heterocycles. The first-order valence-electron chi connectivity index (χ1n) is 9.27. The molecule has 0 saturated carbocycles. The van der Waals surface area contributed by atoms with Gasteiger partial charge < -0.3 is 10.0 Å². The Kier molecular flexibility index (Phi) is 5.80. The van der Waals surface area contributed by atoms with Gasteiger partial charge in [-0.1, -0.05) is 29.3 Å². The summed E-state index contributed by atoms with van der Waals surface area (Å²) in [6, 6.07) is 7.26. The molecule has 2 aromatic heterocycles. The number of nitrogens with one attached hydrogen (secondary N) is 1. The molecule has 3 heterocycles. The van der Waals surface area contributed by atoms with Gasteiger partial charge in [0.1, 0.15) is 18.6 Å². The lowest BCUT2D eigenvalue weighted by molar-refractivity contribution is -0.135. The predicted molar refractivity (Wildman–Crippen MR) is 111 cm³/mol. The molecule has 7 nitrogen and oxygen atoms in total. The number of aromatic amines is 1. The largest absolute Gasteiger partial charge is 0.387 e. The topological polar surface area (TPSA) is 95.0 Å². The van der Waals surface area contributed by atoms with E-state index in [1.54, 1.807) is 23.2 Å². The van der Waals surface area contributed by atoms with Crippen LogP contribution in [0.1, 0.15) is 24.5 Å². The summed E-state index contributed by atoms with van der Waals surface area (Å²) in [6.07, 6.45) is 4.74. The quantitative estimate of drug-likeness (QED) is 0.658. The SMILES string of the molecule is O=C(CO)N1CCC(c2[nH]nc(-c3ccc(Cl)c(Cl)c3)c2-c2ccncn2)CC1. The maximum Gasteiger partial charge on any atom is 0.248 e. The van der Waals surface area contributed by atoms with E-state index in [0.29, 0.717) is 23.1 Å². The molecule has 9 heteroatoms. The van der Waals surface area contributed by atoms with Crippen molar-refractivity contribution in [2.24, 2.45) is 0 Å². The summed E-state index contributed by atoms with van der Waals surface area (Å²) in [7, 11) is 0. The molecule has 1 aliphatic rings. The van der Waals surface area contributed by atoms with Crippen molar-refractivity contribution < 1.29 is 9.90 Å². The molecular formula is C20H19Cl2N5O2. The Balaban J connectivity index is 1.73. The van der Waals surface area contributed by atoms with Crippen LogP contribution in [0.15, 0.2) is 36.8 Å². The van der Waals surface area contributed by atoms with Crippen molar-refractivity contribution in [2.75, 3.05) is 19.7 Å². The van der Waals surface area contributed by atoms with Gasteiger partial charge >= 0.3 is 0 Å². The number of halogens is 2. The van der Waals surface area contributed by atoms with E-state index in [2.05, 4.69) is 20.2 Å². The van der Waals surface area contributed by atoms with Gasteiger partial charge in [-0.3, -0.25) is 9.89 Å². The molecule has 150 valence electrons. The Hall–Kier alpha value is -2.48. The number of nitrogens with zero attached hydrogens (tertiary/aromatic N) is 4. The van der Waals surface area contributed by atoms with Crippen molar-refractivity contribution >= 4 is 29.1 Å². The molecular weight excluding hydrogens is 413 g/mol. The van der Waals surface area contributed by atoms with E-state index in [1.165, 1.54) is 6.33 Å². The van der Waals surface area contributed by atoms with Crippen LogP contribution in [0.5, 0.6) is 0 Å². The third-order valence-electron chi connectivity index (χ3n) is 5.22. The van der Waals surface area contributed by atoms with Gasteiger partial charge in [-0.25, -0.2) is 9.97 Å². The highest BCUT2D eigenvalue weighted by molar-refractivity contribution is 6.42. The molecule has 1 amide bonds. The van der Waals surface area contributed by atoms with Crippen LogP contribution in [0, 0.1) is 0 Å². The molecule has 0 radical (unpaired) electrons. The number of amides is 1. The lowest BCUT2D eigenvalue weighted by atomic mass is 9.89. The van der Waals surface area contributed by atoms with Gasteiger partial charge in [0, 0.05) is 42.0 Å². The zero-order valence-corrected chi connectivity index (χ0v) is 17.0. The third-order valence-corrected chi connectivity index (χ3v) is 5.96. The fourth-order valence-electron chi connectivity index (χ4n) is 3.72. The van der Waals surface area contributed by atoms with Crippen molar-refractivity contribution in [1.82, 2.24) is 25.1 Å². The van der Waals surface area contributed by atoms with Crippen molar-refractivity contribution in [3.63, 3.8) is 0 Å². The van der Waals surface area contributed by atoms with Crippen molar-refractivity contribution in [2.45, 2.75) is 18.8 Å². The summed E-state index contributed by atoms with van der Waals surface area (Å²) in [5.74, 6) is -0.0488. The second-order valence-electron chi connectivity index (χ2n) is 6.90. The van der Waals surface area contributed by atoms with Crippen LogP contribution >= 0.6 is 23.2 Å². The predicted octanol–water partition coefficient (Wildman–Crippen LogP) is 3.54. The number of H-pyrrole nitrogens is 1. The van der Waals surface area contributed by atoms with Crippen LogP contribution < -0.4 is 0 Å². The van der Waals surface area contributed by atoms with Crippen LogP contribution in [0.2, 0.25) is 10.0 Å². The number of aliphatic hydroxyl groups excluding tert-OH is 1. The van der Waals surface area contributed by atoms with E-state index >= 15 is 0 Å². The summed E-state index contributed by atoms with van der Waals surface area (Å²) in [5.41, 5.74) is 4.21. The Morgan fingerprint density at radius 2 is 2.00 bits per heavy atom. The molecule has 1 aliphatic heterocycles. The van der Waals surface area contributed by atoms with Gasteiger partial charge in [-0.2, -0.15) is 5.10 Å². The molecule has 0 bridgehead atoms. The number of carbonyl (C=O) groups is 1. The molecule has 1 aromatic carbocycles. The summed E-state index contributed by atoms with van der Waals surface area (Å²) < 4.78 is 0. The van der Waals surface area contributed by atoms with E-state index in [-0.39, 0.29) is 11.8 Å². The van der Waals surface area contributed by atoms with E-state index in [0.717, 1.165) is 41.1 Å². The molecule has 0 atom stereocenters. The molecule has 0 unspecified atom stereocenters. The lowest BCUT2D eigenvalue weighted by Crippen LogP contribution is -2.39. The van der Waals surface area contributed by atoms with Crippen LogP contribution in [0.4, 0.5) is 0 Å². The molecule has 4 rings (SSSR count). The minimum Gasteiger partial charge on any atom is -0.387 e. The maximum absolute atomic E-state index is 11.8. The summed E-state index contributed by atoms with van der Waals surface area (Å²) in [4.78, 5) is 21.9. The zero-order valence-electron chi connectivity index (χ0n) is 15.5. The summed E-state index contributed by atoms with van der Waals surface area (Å²) in [5, 5.41) is 17.8. The number of benzene rings is 1. The molecule has 2 N–H and O–H groups in total. The number of aliphatic hydroxyl groups is 1. The smallest absolute Gasteiger partial charge is 0.248 e. The first-order valence-corrected chi connectivity index (χ1v) is 10.0. The number of carbonyl (C=O) groups excluding carboxylic acids is 1. The maximum atomic E-state index is 11.8. The molecule has 0 spiro atoms. The fourth-order valence-corrected chi connectivity index (χ4v) is 4.02. The Morgan fingerprint density at radius 3 is 2.66 bits per heavy atom. The number of piperidine rings is 1. The number of aromatic nitrogens is 4. The number of hydrogen-bond donors (Lipinski definition) is 2. The van der Waals surface area contributed by atoms with Gasteiger partial charge in [0.2, 0.25) is 5.91 Å². The van der Waals surface area contributed by atoms with E-state index < -0.39 is 6.61 Å². The normalized spacial score (nSPS) is 14.9. The Labute approximate surface area is 177 Å². The number of likely N-dealkylation sites (tertiary alicyclic amines) is 1. The minimum absolute atomic E-state index is 0.187. The van der Waals surface area contributed by atoms with E-state index in [4.69, 9.17) is 28.3 Å². The van der Waals surface area contributed by atoms with Crippen LogP contribution in [0.3, 0.4) is 0 Å². The van der Waals surface area contributed by atoms with Gasteiger partial charge in [0.15, 0.2) is 0 Å². The second-order valence-corrected chi connectivity index (χ2v) is 7.71. The van der Waals surface area contributed by atoms with E-state index in [9.17, 15) is 4.79 Å². The molecule has 3 aromatic rings. The highest BCUT2D eigenvalue weighted by Crippen LogP contribution is 2.40. The van der Waals surface area contributed by atoms with Gasteiger partial charge in [0.05, 0.1) is 15.7 Å². The van der Waals surface area contributed by atoms with Crippen LogP contribution in [-0.2, 0) is 4.79 Å². The van der Waals surface area contributed by atoms with Crippen molar-refractivity contribution in [1.29, 1.82) is 0 Å². The van der Waals surface area contributed by atoms with Crippen molar-refractivity contribution in [3.8, 4) is 22.5 Å². The summed E-state index contributed by atoms with van der Waals surface area (Å²) >= 11 is 12.3. The number of rotatable bonds is 4. The Bertz CT molecular complexity index is 1020. The van der Waals surface area contributed by atoms with Gasteiger partial charge in [-0.05, 0) is 31.0 Å². The highest BCUT2D eigenvalue weighted by atomic mass is 35.5. The summed E-state index contributed by atoms with van der Waals surface area (Å²) in [6.45, 7) is 0.727. The van der Waals surface area contributed by atoms with Gasteiger partial charge in [-0.15, -0.1) is 0 Å². The monoisotopic (exact) mass is 431 g/mol. The zero-order chi connectivity index (χ0) is 20.4. The first-order chi connectivity index (χ1) is 14.1. The van der Waals surface area contributed by atoms with Gasteiger partial charge in [0.25, 0.3) is 0 Å². The molecule has 0 aliphatic carbocycles. The lowest BCUT2D eigenvalue weighted by Gasteiger charge is -2.31. The number of hydrogen-bond acceptors (Lipinski definition) is 5. The van der Waals surface area contributed by atoms with E-state index in [1.807, 2.05) is 12.1 Å². The fraction of sp³-hybridized carbons (Fsp3) is 0.300. The average molecular weight is 432 g/mol. The highest BCUT2D eigenvalue weighted by Gasteiger charge is 2.29. The average Bonchev–Trinajstić information content (AvgIpc) is 3.21. The molecule has 29 heavy (non-hydrogen) atoms. The van der Waals surface area contributed by atoms with Crippen LogP contribution in [0.25, 0.3) is 22.5 Å². The standard InChI is InChI=1S/C20H19Cl2N5O2/c21-14-2-1-13(9-15(14)22)20-18(16-3-6-23-11-24-16)19(25-26-20)12-4-7-27(8-5-12)17(29)10-28/h1-3,6,9,11-12,28H,4-5,7-8,10H2,(H,25,26). The van der Waals surface area contributed by atoms with Crippen LogP contribution in [-0.4, -0.2) is 55.8 Å². The molecule has 1 fully saturated rings. The third kappa shape index (κ3) is 3.99. The first kappa shape index (κ1) is 19.8. The Morgan fingerprint density at radius 1 is 1.21 bits per heavy atom. The van der Waals surface area contributed by atoms with Crippen molar-refractivity contribution in [3.05, 3.63) is 52.5 Å². The second kappa shape index (κ2) is 8.49. The minimum atomic E-state index is -0.456.